The molecule has 0 N–H and O–H groups in total. The van der Waals surface area contributed by atoms with E-state index in [2.05, 4.69) is 108 Å². The quantitative estimate of drug-likeness (QED) is 0.224. The Labute approximate surface area is 221 Å². The van der Waals surface area contributed by atoms with Crippen molar-refractivity contribution in [3.05, 3.63) is 114 Å². The van der Waals surface area contributed by atoms with Gasteiger partial charge in [0.15, 0.2) is 0 Å². The SMILES string of the molecule is c1ccc(-n2c3ccccc3c3cc4c(cc32)C2(CCCCC2)c2cc3oc5ccccc5c3cc2-4)cc1. The first-order chi connectivity index (χ1) is 18.8. The Bertz CT molecular complexity index is 2050. The molecular weight excluding hydrogens is 462 g/mol. The second kappa shape index (κ2) is 7.39. The van der Waals surface area contributed by atoms with Crippen LogP contribution in [0.5, 0.6) is 0 Å². The Morgan fingerprint density at radius 1 is 0.526 bits per heavy atom. The summed E-state index contributed by atoms with van der Waals surface area (Å²) < 4.78 is 8.87. The van der Waals surface area contributed by atoms with Gasteiger partial charge in [0.05, 0.1) is 11.0 Å². The molecule has 0 amide bonds. The number of hydrogen-bond donors (Lipinski definition) is 0. The van der Waals surface area contributed by atoms with Gasteiger partial charge in [-0.3, -0.25) is 0 Å². The van der Waals surface area contributed by atoms with E-state index in [1.54, 1.807) is 0 Å². The molecule has 0 aliphatic heterocycles. The van der Waals surface area contributed by atoms with Crippen molar-refractivity contribution in [1.29, 1.82) is 0 Å². The standard InChI is InChI=1S/C36H27NO/c1-3-11-23(12-4-1)37-32-15-7-5-13-24(32)28-19-26-27-20-29-25-14-6-8-16-34(25)38-35(29)22-31(27)36(17-9-2-10-18-36)30(26)21-33(28)37/h1,3-8,11-16,19-22H,2,9-10,17-18H2. The van der Waals surface area contributed by atoms with Crippen LogP contribution in [0.25, 0.3) is 60.6 Å². The highest BCUT2D eigenvalue weighted by molar-refractivity contribution is 6.13. The molecule has 1 fully saturated rings. The van der Waals surface area contributed by atoms with Crippen LogP contribution in [-0.2, 0) is 5.41 Å². The van der Waals surface area contributed by atoms with Crippen molar-refractivity contribution in [2.45, 2.75) is 37.5 Å². The van der Waals surface area contributed by atoms with E-state index >= 15 is 0 Å². The minimum Gasteiger partial charge on any atom is -0.456 e. The van der Waals surface area contributed by atoms with Crippen LogP contribution in [0.1, 0.15) is 43.2 Å². The van der Waals surface area contributed by atoms with E-state index in [0.29, 0.717) is 0 Å². The van der Waals surface area contributed by atoms with Crippen molar-refractivity contribution < 1.29 is 4.42 Å². The molecule has 2 heteroatoms. The monoisotopic (exact) mass is 489 g/mol. The van der Waals surface area contributed by atoms with Crippen molar-refractivity contribution in [3.63, 3.8) is 0 Å². The molecule has 5 aromatic carbocycles. The minimum absolute atomic E-state index is 0.0578. The molecule has 7 aromatic rings. The van der Waals surface area contributed by atoms with E-state index in [9.17, 15) is 0 Å². The molecule has 0 bridgehead atoms. The van der Waals surface area contributed by atoms with Crippen LogP contribution in [0.3, 0.4) is 0 Å². The van der Waals surface area contributed by atoms with E-state index in [1.807, 2.05) is 0 Å². The first-order valence-corrected chi connectivity index (χ1v) is 13.9. The number of aromatic nitrogens is 1. The van der Waals surface area contributed by atoms with Crippen molar-refractivity contribution >= 4 is 43.7 Å². The van der Waals surface area contributed by atoms with Gasteiger partial charge < -0.3 is 8.98 Å². The van der Waals surface area contributed by atoms with Crippen LogP contribution < -0.4 is 0 Å². The van der Waals surface area contributed by atoms with Crippen LogP contribution in [0.4, 0.5) is 0 Å². The fraction of sp³-hybridized carbons (Fsp3) is 0.167. The van der Waals surface area contributed by atoms with E-state index in [1.165, 1.54) is 92.6 Å². The Hall–Kier alpha value is -4.30. The second-order valence-electron chi connectivity index (χ2n) is 11.2. The fourth-order valence-corrected chi connectivity index (χ4v) is 7.72. The molecule has 0 atom stereocenters. The fourth-order valence-electron chi connectivity index (χ4n) is 7.72. The van der Waals surface area contributed by atoms with Gasteiger partial charge in [-0.15, -0.1) is 0 Å². The zero-order valence-corrected chi connectivity index (χ0v) is 21.2. The third kappa shape index (κ3) is 2.58. The zero-order valence-electron chi connectivity index (χ0n) is 21.2. The summed E-state index contributed by atoms with van der Waals surface area (Å²) in [5, 5.41) is 5.08. The molecular formula is C36H27NO. The maximum atomic E-state index is 6.40. The van der Waals surface area contributed by atoms with Crippen LogP contribution in [0.2, 0.25) is 0 Å². The van der Waals surface area contributed by atoms with Crippen LogP contribution in [0, 0.1) is 0 Å². The highest BCUT2D eigenvalue weighted by Gasteiger charge is 2.44. The van der Waals surface area contributed by atoms with E-state index in [4.69, 9.17) is 4.42 Å². The summed E-state index contributed by atoms with van der Waals surface area (Å²) in [4.78, 5) is 0. The molecule has 2 nitrogen and oxygen atoms in total. The number of nitrogens with zero attached hydrogens (tertiary/aromatic N) is 1. The summed E-state index contributed by atoms with van der Waals surface area (Å²) in [6, 6.07) is 38.0. The number of fused-ring (bicyclic) bond motifs is 11. The molecule has 2 aliphatic carbocycles. The van der Waals surface area contributed by atoms with E-state index < -0.39 is 0 Å². The number of hydrogen-bond acceptors (Lipinski definition) is 1. The van der Waals surface area contributed by atoms with Crippen LogP contribution >= 0.6 is 0 Å². The molecule has 9 rings (SSSR count). The van der Waals surface area contributed by atoms with Crippen LogP contribution in [0.15, 0.2) is 108 Å². The average molecular weight is 490 g/mol. The zero-order chi connectivity index (χ0) is 24.8. The van der Waals surface area contributed by atoms with E-state index in [-0.39, 0.29) is 5.41 Å². The van der Waals surface area contributed by atoms with Gasteiger partial charge in [-0.1, -0.05) is 73.9 Å². The summed E-state index contributed by atoms with van der Waals surface area (Å²) in [7, 11) is 0. The number of para-hydroxylation sites is 3. The van der Waals surface area contributed by atoms with E-state index in [0.717, 1.165) is 11.2 Å². The maximum Gasteiger partial charge on any atom is 0.135 e. The lowest BCUT2D eigenvalue weighted by Crippen LogP contribution is -2.28. The Morgan fingerprint density at radius 3 is 2.05 bits per heavy atom. The topological polar surface area (TPSA) is 18.1 Å². The van der Waals surface area contributed by atoms with Gasteiger partial charge in [-0.25, -0.2) is 0 Å². The van der Waals surface area contributed by atoms with Gasteiger partial charge in [0, 0.05) is 32.6 Å². The van der Waals surface area contributed by atoms with Gasteiger partial charge in [0.1, 0.15) is 11.2 Å². The van der Waals surface area contributed by atoms with Gasteiger partial charge >= 0.3 is 0 Å². The largest absolute Gasteiger partial charge is 0.456 e. The predicted molar refractivity (Wildman–Crippen MR) is 157 cm³/mol. The molecule has 38 heavy (non-hydrogen) atoms. The molecule has 182 valence electrons. The molecule has 1 spiro atoms. The van der Waals surface area contributed by atoms with Gasteiger partial charge in [-0.05, 0) is 83.6 Å². The first-order valence-electron chi connectivity index (χ1n) is 13.9. The van der Waals surface area contributed by atoms with Gasteiger partial charge in [0.25, 0.3) is 0 Å². The Morgan fingerprint density at radius 2 is 1.21 bits per heavy atom. The number of rotatable bonds is 1. The smallest absolute Gasteiger partial charge is 0.135 e. The highest BCUT2D eigenvalue weighted by Crippen LogP contribution is 2.58. The van der Waals surface area contributed by atoms with Crippen LogP contribution in [-0.4, -0.2) is 4.57 Å². The van der Waals surface area contributed by atoms with Crippen molar-refractivity contribution in [2.24, 2.45) is 0 Å². The lowest BCUT2D eigenvalue weighted by molar-refractivity contribution is 0.353. The number of furan rings is 1. The Balaban J connectivity index is 1.42. The number of benzene rings is 5. The van der Waals surface area contributed by atoms with Gasteiger partial charge in [0.2, 0.25) is 0 Å². The molecule has 0 unspecified atom stereocenters. The first kappa shape index (κ1) is 20.7. The van der Waals surface area contributed by atoms with Crippen molar-refractivity contribution in [1.82, 2.24) is 4.57 Å². The summed E-state index contributed by atoms with van der Waals surface area (Å²) in [5.41, 5.74) is 11.7. The summed E-state index contributed by atoms with van der Waals surface area (Å²) in [6.07, 6.45) is 6.28. The highest BCUT2D eigenvalue weighted by atomic mass is 16.3. The van der Waals surface area contributed by atoms with Crippen molar-refractivity contribution in [3.8, 4) is 16.8 Å². The summed E-state index contributed by atoms with van der Waals surface area (Å²) in [6.45, 7) is 0. The summed E-state index contributed by atoms with van der Waals surface area (Å²) in [5.74, 6) is 0. The molecule has 1 saturated carbocycles. The normalized spacial score (nSPS) is 16.1. The molecule has 2 aromatic heterocycles. The minimum atomic E-state index is 0.0578. The third-order valence-electron chi connectivity index (χ3n) is 9.37. The second-order valence-corrected chi connectivity index (χ2v) is 11.2. The molecule has 0 radical (unpaired) electrons. The molecule has 2 aliphatic rings. The third-order valence-corrected chi connectivity index (χ3v) is 9.37. The lowest BCUT2D eigenvalue weighted by Gasteiger charge is -2.36. The molecule has 2 heterocycles. The Kier molecular flexibility index (Phi) is 4.03. The predicted octanol–water partition coefficient (Wildman–Crippen LogP) is 9.91. The lowest BCUT2D eigenvalue weighted by atomic mass is 9.67. The molecule has 0 saturated heterocycles. The summed E-state index contributed by atoms with van der Waals surface area (Å²) >= 11 is 0. The maximum absolute atomic E-state index is 6.40. The van der Waals surface area contributed by atoms with Gasteiger partial charge in [-0.2, -0.15) is 0 Å². The van der Waals surface area contributed by atoms with Crippen molar-refractivity contribution in [2.75, 3.05) is 0 Å². The average Bonchev–Trinajstić information content (AvgIpc) is 3.58.